The van der Waals surface area contributed by atoms with Gasteiger partial charge in [-0.1, -0.05) is 43.2 Å². The smallest absolute Gasteiger partial charge is 0.0689 e. The molecule has 16 heavy (non-hydrogen) atoms. The summed E-state index contributed by atoms with van der Waals surface area (Å²) in [4.78, 5) is 0. The van der Waals surface area contributed by atoms with Crippen molar-refractivity contribution in [3.8, 4) is 18.4 Å². The maximum Gasteiger partial charge on any atom is 0.0689 e. The standard InChI is InChI=1S/C14H16N2/c1-3-13(4-2)16-14(10-11-15)12-8-6-5-7-9-12/h1,5-9,13-14,16H,4,10H2,2H3. The Kier molecular flexibility index (Phi) is 5.12. The lowest BCUT2D eigenvalue weighted by atomic mass is 10.0. The number of benzene rings is 1. The second kappa shape index (κ2) is 6.67. The van der Waals surface area contributed by atoms with Crippen molar-refractivity contribution in [1.82, 2.24) is 5.32 Å². The Morgan fingerprint density at radius 2 is 2.06 bits per heavy atom. The molecule has 1 aromatic rings. The first kappa shape index (κ1) is 12.3. The summed E-state index contributed by atoms with van der Waals surface area (Å²) in [5, 5.41) is 12.1. The van der Waals surface area contributed by atoms with Gasteiger partial charge in [0.1, 0.15) is 0 Å². The van der Waals surface area contributed by atoms with E-state index in [1.807, 2.05) is 37.3 Å². The van der Waals surface area contributed by atoms with Crippen molar-refractivity contribution in [2.75, 3.05) is 0 Å². The number of hydrogen-bond acceptors (Lipinski definition) is 2. The molecule has 0 heterocycles. The van der Waals surface area contributed by atoms with Crippen LogP contribution in [0, 0.1) is 23.7 Å². The zero-order chi connectivity index (χ0) is 11.8. The Morgan fingerprint density at radius 3 is 2.56 bits per heavy atom. The molecule has 2 atom stereocenters. The number of rotatable bonds is 5. The number of nitriles is 1. The summed E-state index contributed by atoms with van der Waals surface area (Å²) in [5.74, 6) is 2.69. The van der Waals surface area contributed by atoms with Crippen LogP contribution in [0.5, 0.6) is 0 Å². The molecule has 2 heteroatoms. The number of hydrogen-bond donors (Lipinski definition) is 1. The van der Waals surface area contributed by atoms with Gasteiger partial charge in [-0.25, -0.2) is 0 Å². The van der Waals surface area contributed by atoms with Crippen LogP contribution < -0.4 is 5.32 Å². The molecule has 2 nitrogen and oxygen atoms in total. The predicted molar refractivity (Wildman–Crippen MR) is 65.5 cm³/mol. The minimum Gasteiger partial charge on any atom is -0.296 e. The fraction of sp³-hybridized carbons (Fsp3) is 0.357. The lowest BCUT2D eigenvalue weighted by molar-refractivity contribution is 0.489. The van der Waals surface area contributed by atoms with Crippen molar-refractivity contribution < 1.29 is 0 Å². The highest BCUT2D eigenvalue weighted by Crippen LogP contribution is 2.16. The van der Waals surface area contributed by atoms with Gasteiger partial charge in [-0.2, -0.15) is 5.26 Å². The van der Waals surface area contributed by atoms with E-state index >= 15 is 0 Å². The molecule has 0 aromatic heterocycles. The third-order valence-corrected chi connectivity index (χ3v) is 2.51. The Labute approximate surface area is 97.3 Å². The Balaban J connectivity index is 2.77. The molecule has 0 saturated carbocycles. The number of nitrogens with one attached hydrogen (secondary N) is 1. The third-order valence-electron chi connectivity index (χ3n) is 2.51. The van der Waals surface area contributed by atoms with E-state index in [1.54, 1.807) is 0 Å². The molecule has 1 N–H and O–H groups in total. The summed E-state index contributed by atoms with van der Waals surface area (Å²) in [6.07, 6.45) is 6.71. The minimum absolute atomic E-state index is 0.0206. The lowest BCUT2D eigenvalue weighted by Crippen LogP contribution is -2.31. The summed E-state index contributed by atoms with van der Waals surface area (Å²) in [7, 11) is 0. The maximum absolute atomic E-state index is 8.81. The van der Waals surface area contributed by atoms with Crippen LogP contribution in [-0.4, -0.2) is 6.04 Å². The highest BCUT2D eigenvalue weighted by atomic mass is 14.9. The van der Waals surface area contributed by atoms with Gasteiger partial charge >= 0.3 is 0 Å². The molecule has 1 rings (SSSR count). The second-order valence-corrected chi connectivity index (χ2v) is 3.62. The molecule has 2 unspecified atom stereocenters. The summed E-state index contributed by atoms with van der Waals surface area (Å²) in [6.45, 7) is 2.03. The molecular weight excluding hydrogens is 196 g/mol. The zero-order valence-corrected chi connectivity index (χ0v) is 9.48. The van der Waals surface area contributed by atoms with Gasteiger partial charge in [-0.3, -0.25) is 5.32 Å². The van der Waals surface area contributed by atoms with Gasteiger partial charge < -0.3 is 0 Å². The molecule has 0 fully saturated rings. The van der Waals surface area contributed by atoms with Crippen molar-refractivity contribution in [1.29, 1.82) is 5.26 Å². The molecule has 0 aliphatic carbocycles. The van der Waals surface area contributed by atoms with Crippen molar-refractivity contribution in [2.45, 2.75) is 31.8 Å². The van der Waals surface area contributed by atoms with E-state index in [9.17, 15) is 0 Å². The van der Waals surface area contributed by atoms with E-state index in [4.69, 9.17) is 11.7 Å². The summed E-state index contributed by atoms with van der Waals surface area (Å²) < 4.78 is 0. The average molecular weight is 212 g/mol. The molecule has 1 aromatic carbocycles. The minimum atomic E-state index is 0.0206. The molecule has 82 valence electrons. The normalized spacial score (nSPS) is 13.4. The predicted octanol–water partition coefficient (Wildman–Crippen LogP) is 2.64. The van der Waals surface area contributed by atoms with Crippen LogP contribution in [0.15, 0.2) is 30.3 Å². The molecule has 0 aliphatic rings. The van der Waals surface area contributed by atoms with Crippen LogP contribution in [0.3, 0.4) is 0 Å². The van der Waals surface area contributed by atoms with E-state index in [2.05, 4.69) is 17.3 Å². The molecule has 0 saturated heterocycles. The van der Waals surface area contributed by atoms with Gasteiger partial charge in [-0.15, -0.1) is 6.42 Å². The Bertz CT molecular complexity index is 383. The van der Waals surface area contributed by atoms with Crippen LogP contribution in [0.2, 0.25) is 0 Å². The zero-order valence-electron chi connectivity index (χ0n) is 9.48. The monoisotopic (exact) mass is 212 g/mol. The maximum atomic E-state index is 8.81. The topological polar surface area (TPSA) is 35.8 Å². The summed E-state index contributed by atoms with van der Waals surface area (Å²) in [6, 6.07) is 12.2. The van der Waals surface area contributed by atoms with Gasteiger partial charge in [0.2, 0.25) is 0 Å². The molecule has 0 bridgehead atoms. The fourth-order valence-corrected chi connectivity index (χ4v) is 1.58. The first-order valence-corrected chi connectivity index (χ1v) is 5.45. The number of terminal acetylenes is 1. The van der Waals surface area contributed by atoms with Crippen molar-refractivity contribution in [3.63, 3.8) is 0 Å². The number of nitrogens with zero attached hydrogens (tertiary/aromatic N) is 1. The third kappa shape index (κ3) is 3.42. The van der Waals surface area contributed by atoms with Crippen LogP contribution in [-0.2, 0) is 0 Å². The Morgan fingerprint density at radius 1 is 1.38 bits per heavy atom. The molecule has 0 aliphatic heterocycles. The molecule has 0 radical (unpaired) electrons. The highest BCUT2D eigenvalue weighted by molar-refractivity contribution is 5.20. The first-order valence-electron chi connectivity index (χ1n) is 5.45. The summed E-state index contributed by atoms with van der Waals surface area (Å²) >= 11 is 0. The van der Waals surface area contributed by atoms with Crippen LogP contribution >= 0.6 is 0 Å². The van der Waals surface area contributed by atoms with Gasteiger partial charge in [0.15, 0.2) is 0 Å². The van der Waals surface area contributed by atoms with Crippen molar-refractivity contribution in [3.05, 3.63) is 35.9 Å². The van der Waals surface area contributed by atoms with Crippen molar-refractivity contribution in [2.24, 2.45) is 0 Å². The van der Waals surface area contributed by atoms with Gasteiger partial charge in [0.25, 0.3) is 0 Å². The average Bonchev–Trinajstić information content (AvgIpc) is 2.35. The summed E-state index contributed by atoms with van der Waals surface area (Å²) in [5.41, 5.74) is 1.11. The van der Waals surface area contributed by atoms with Gasteiger partial charge in [0.05, 0.1) is 18.5 Å². The molecule has 0 spiro atoms. The van der Waals surface area contributed by atoms with E-state index in [1.165, 1.54) is 0 Å². The molecular formula is C14H16N2. The quantitative estimate of drug-likeness (QED) is 0.762. The van der Waals surface area contributed by atoms with E-state index in [0.717, 1.165) is 12.0 Å². The lowest BCUT2D eigenvalue weighted by Gasteiger charge is -2.20. The fourth-order valence-electron chi connectivity index (χ4n) is 1.58. The van der Waals surface area contributed by atoms with Crippen LogP contribution in [0.25, 0.3) is 0 Å². The largest absolute Gasteiger partial charge is 0.296 e. The SMILES string of the molecule is C#CC(CC)NC(CC#N)c1ccccc1. The first-order chi connectivity index (χ1) is 7.81. The van der Waals surface area contributed by atoms with Crippen molar-refractivity contribution >= 4 is 0 Å². The molecule has 0 amide bonds. The van der Waals surface area contributed by atoms with E-state index in [0.29, 0.717) is 6.42 Å². The van der Waals surface area contributed by atoms with Gasteiger partial charge in [0, 0.05) is 6.04 Å². The van der Waals surface area contributed by atoms with Crippen LogP contribution in [0.4, 0.5) is 0 Å². The second-order valence-electron chi connectivity index (χ2n) is 3.62. The van der Waals surface area contributed by atoms with E-state index in [-0.39, 0.29) is 12.1 Å². The van der Waals surface area contributed by atoms with Gasteiger partial charge in [-0.05, 0) is 12.0 Å². The highest BCUT2D eigenvalue weighted by Gasteiger charge is 2.13. The van der Waals surface area contributed by atoms with Crippen LogP contribution in [0.1, 0.15) is 31.4 Å². The Hall–Kier alpha value is -1.77. The van der Waals surface area contributed by atoms with E-state index < -0.39 is 0 Å².